The van der Waals surface area contributed by atoms with Crippen LogP contribution < -0.4 is 10.2 Å². The molecule has 4 rings (SSSR count). The molecule has 1 aromatic heterocycles. The molecule has 1 aliphatic heterocycles. The predicted molar refractivity (Wildman–Crippen MR) is 127 cm³/mol. The Morgan fingerprint density at radius 1 is 1.00 bits per heavy atom. The molecule has 0 unspecified atom stereocenters. The van der Waals surface area contributed by atoms with Crippen LogP contribution in [0.5, 0.6) is 0 Å². The summed E-state index contributed by atoms with van der Waals surface area (Å²) in [5.41, 5.74) is 1.85. The zero-order valence-corrected chi connectivity index (χ0v) is 18.3. The molecule has 3 aromatic rings. The number of aromatic nitrogens is 2. The monoisotopic (exact) mass is 446 g/mol. The van der Waals surface area contributed by atoms with Crippen LogP contribution >= 0.6 is 0 Å². The number of nitrogens with one attached hydrogen (secondary N) is 1. The molecule has 9 heteroatoms. The Balaban J connectivity index is 1.21. The van der Waals surface area contributed by atoms with Gasteiger partial charge < -0.3 is 15.1 Å². The Morgan fingerprint density at radius 3 is 2.42 bits per heavy atom. The van der Waals surface area contributed by atoms with Gasteiger partial charge in [0.1, 0.15) is 5.82 Å². The van der Waals surface area contributed by atoms with Crippen LogP contribution in [0.4, 0.5) is 17.2 Å². The van der Waals surface area contributed by atoms with Crippen molar-refractivity contribution in [2.75, 3.05) is 42.9 Å². The van der Waals surface area contributed by atoms with Gasteiger partial charge in [0.05, 0.1) is 4.92 Å². The second-order valence-electron chi connectivity index (χ2n) is 7.81. The Hall–Kier alpha value is -4.01. The molecule has 2 heterocycles. The number of amides is 1. The lowest BCUT2D eigenvalue weighted by molar-refractivity contribution is -0.384. The quantitative estimate of drug-likeness (QED) is 0.320. The standard InChI is InChI=1S/C24H26N6O3/c31-23(7-4-13-25-20-8-10-21(11-9-20)30(32)33)29-17-15-28(16-18-29)22-12-14-26-24(27-22)19-5-2-1-3-6-19/h1-3,5-6,8-12,14,25H,4,7,13,15-18H2. The Kier molecular flexibility index (Phi) is 7.09. The lowest BCUT2D eigenvalue weighted by Crippen LogP contribution is -2.49. The molecule has 0 spiro atoms. The maximum atomic E-state index is 12.6. The first-order valence-electron chi connectivity index (χ1n) is 11.0. The molecule has 9 nitrogen and oxygen atoms in total. The number of nitrogens with zero attached hydrogens (tertiary/aromatic N) is 5. The van der Waals surface area contributed by atoms with E-state index in [1.807, 2.05) is 41.3 Å². The van der Waals surface area contributed by atoms with Gasteiger partial charge in [-0.05, 0) is 24.6 Å². The van der Waals surface area contributed by atoms with E-state index in [9.17, 15) is 14.9 Å². The van der Waals surface area contributed by atoms with Gasteiger partial charge in [-0.25, -0.2) is 9.97 Å². The Labute approximate surface area is 192 Å². The van der Waals surface area contributed by atoms with Crippen molar-refractivity contribution in [1.29, 1.82) is 0 Å². The third kappa shape index (κ3) is 5.82. The highest BCUT2D eigenvalue weighted by molar-refractivity contribution is 5.76. The first kappa shape index (κ1) is 22.2. The maximum Gasteiger partial charge on any atom is 0.269 e. The van der Waals surface area contributed by atoms with E-state index in [-0.39, 0.29) is 11.6 Å². The minimum absolute atomic E-state index is 0.0631. The topological polar surface area (TPSA) is 104 Å². The molecule has 1 aliphatic rings. The second-order valence-corrected chi connectivity index (χ2v) is 7.81. The van der Waals surface area contributed by atoms with Crippen molar-refractivity contribution in [2.24, 2.45) is 0 Å². The van der Waals surface area contributed by atoms with Crippen LogP contribution in [-0.2, 0) is 4.79 Å². The molecule has 0 aliphatic carbocycles. The summed E-state index contributed by atoms with van der Waals surface area (Å²) in [6.07, 6.45) is 2.94. The molecule has 0 atom stereocenters. The first-order valence-corrected chi connectivity index (χ1v) is 11.0. The van der Waals surface area contributed by atoms with E-state index in [0.717, 1.165) is 30.2 Å². The third-order valence-electron chi connectivity index (χ3n) is 5.60. The largest absolute Gasteiger partial charge is 0.385 e. The van der Waals surface area contributed by atoms with Crippen molar-refractivity contribution >= 4 is 23.1 Å². The van der Waals surface area contributed by atoms with Crippen LogP contribution in [0.2, 0.25) is 0 Å². The summed E-state index contributed by atoms with van der Waals surface area (Å²) in [4.78, 5) is 36.1. The Bertz CT molecular complexity index is 1080. The second kappa shape index (κ2) is 10.5. The number of benzene rings is 2. The SMILES string of the molecule is O=C(CCCNc1ccc([N+](=O)[O-])cc1)N1CCN(c2ccnc(-c3ccccc3)n2)CC1. The number of nitro groups is 1. The van der Waals surface area contributed by atoms with E-state index in [1.165, 1.54) is 12.1 Å². The van der Waals surface area contributed by atoms with Gasteiger partial charge in [0.2, 0.25) is 5.91 Å². The van der Waals surface area contributed by atoms with E-state index < -0.39 is 4.92 Å². The molecular formula is C24H26N6O3. The van der Waals surface area contributed by atoms with Crippen LogP contribution in [0.15, 0.2) is 66.9 Å². The van der Waals surface area contributed by atoms with Crippen LogP contribution in [0.25, 0.3) is 11.4 Å². The molecule has 33 heavy (non-hydrogen) atoms. The molecule has 1 amide bonds. The number of rotatable bonds is 8. The van der Waals surface area contributed by atoms with E-state index in [1.54, 1.807) is 18.3 Å². The minimum atomic E-state index is -0.421. The third-order valence-corrected chi connectivity index (χ3v) is 5.60. The van der Waals surface area contributed by atoms with Crippen LogP contribution in [0.1, 0.15) is 12.8 Å². The summed E-state index contributed by atoms with van der Waals surface area (Å²) in [6.45, 7) is 3.43. The Morgan fingerprint density at radius 2 is 1.73 bits per heavy atom. The highest BCUT2D eigenvalue weighted by Gasteiger charge is 2.22. The summed E-state index contributed by atoms with van der Waals surface area (Å²) in [6, 6.07) is 18.1. The van der Waals surface area contributed by atoms with Crippen LogP contribution in [-0.4, -0.2) is 58.4 Å². The number of nitro benzene ring substituents is 1. The lowest BCUT2D eigenvalue weighted by atomic mass is 10.2. The number of hydrogen-bond donors (Lipinski definition) is 1. The number of anilines is 2. The summed E-state index contributed by atoms with van der Waals surface area (Å²) in [5, 5.41) is 13.9. The van der Waals surface area contributed by atoms with E-state index in [2.05, 4.69) is 15.2 Å². The van der Waals surface area contributed by atoms with Crippen LogP contribution in [0, 0.1) is 10.1 Å². The molecule has 170 valence electrons. The number of carbonyl (C=O) groups excluding carboxylic acids is 1. The predicted octanol–water partition coefficient (Wildman–Crippen LogP) is 3.59. The van der Waals surface area contributed by atoms with Gasteiger partial charge >= 0.3 is 0 Å². The lowest BCUT2D eigenvalue weighted by Gasteiger charge is -2.35. The van der Waals surface area contributed by atoms with Crippen molar-refractivity contribution in [3.05, 3.63) is 77.0 Å². The fourth-order valence-electron chi connectivity index (χ4n) is 3.77. The molecular weight excluding hydrogens is 420 g/mol. The number of piperazine rings is 1. The zero-order valence-electron chi connectivity index (χ0n) is 18.3. The van der Waals surface area contributed by atoms with Gasteiger partial charge in [0.25, 0.3) is 5.69 Å². The summed E-state index contributed by atoms with van der Waals surface area (Å²) in [5.74, 6) is 1.73. The van der Waals surface area contributed by atoms with Gasteiger partial charge in [-0.3, -0.25) is 14.9 Å². The molecule has 2 aromatic carbocycles. The maximum absolute atomic E-state index is 12.6. The normalized spacial score (nSPS) is 13.6. The summed E-state index contributed by atoms with van der Waals surface area (Å²) < 4.78 is 0. The fraction of sp³-hybridized carbons (Fsp3) is 0.292. The summed E-state index contributed by atoms with van der Waals surface area (Å²) in [7, 11) is 0. The molecule has 0 saturated carbocycles. The van der Waals surface area contributed by atoms with E-state index in [0.29, 0.717) is 38.3 Å². The first-order chi connectivity index (χ1) is 16.1. The molecule has 1 N–H and O–H groups in total. The number of non-ortho nitro benzene ring substituents is 1. The molecule has 1 fully saturated rings. The van der Waals surface area contributed by atoms with Crippen molar-refractivity contribution in [2.45, 2.75) is 12.8 Å². The van der Waals surface area contributed by atoms with Crippen molar-refractivity contribution in [1.82, 2.24) is 14.9 Å². The van der Waals surface area contributed by atoms with Gasteiger partial charge in [-0.2, -0.15) is 0 Å². The average Bonchev–Trinajstić information content (AvgIpc) is 2.87. The van der Waals surface area contributed by atoms with Gasteiger partial charge in [-0.15, -0.1) is 0 Å². The van der Waals surface area contributed by atoms with E-state index >= 15 is 0 Å². The van der Waals surface area contributed by atoms with Gasteiger partial charge in [0, 0.05) is 68.7 Å². The zero-order chi connectivity index (χ0) is 23.0. The summed E-state index contributed by atoms with van der Waals surface area (Å²) >= 11 is 0. The van der Waals surface area contributed by atoms with Crippen molar-refractivity contribution in [3.63, 3.8) is 0 Å². The van der Waals surface area contributed by atoms with E-state index in [4.69, 9.17) is 4.98 Å². The number of hydrogen-bond acceptors (Lipinski definition) is 7. The molecule has 1 saturated heterocycles. The molecule has 0 radical (unpaired) electrons. The number of carbonyl (C=O) groups is 1. The van der Waals surface area contributed by atoms with Crippen LogP contribution in [0.3, 0.4) is 0 Å². The highest BCUT2D eigenvalue weighted by atomic mass is 16.6. The molecule has 0 bridgehead atoms. The smallest absolute Gasteiger partial charge is 0.269 e. The van der Waals surface area contributed by atoms with Crippen molar-refractivity contribution in [3.8, 4) is 11.4 Å². The average molecular weight is 447 g/mol. The van der Waals surface area contributed by atoms with Gasteiger partial charge in [0.15, 0.2) is 5.82 Å². The van der Waals surface area contributed by atoms with Crippen molar-refractivity contribution < 1.29 is 9.72 Å². The highest BCUT2D eigenvalue weighted by Crippen LogP contribution is 2.20. The fourth-order valence-corrected chi connectivity index (χ4v) is 3.77. The van der Waals surface area contributed by atoms with Gasteiger partial charge in [-0.1, -0.05) is 30.3 Å². The minimum Gasteiger partial charge on any atom is -0.385 e.